The molecule has 1 aliphatic heterocycles. The summed E-state index contributed by atoms with van der Waals surface area (Å²) in [4.78, 5) is 18.9. The molecule has 2 rings (SSSR count). The summed E-state index contributed by atoms with van der Waals surface area (Å²) in [6.07, 6.45) is 3.85. The van der Waals surface area contributed by atoms with E-state index in [0.717, 1.165) is 28.8 Å². The van der Waals surface area contributed by atoms with Crippen molar-refractivity contribution in [2.24, 2.45) is 0 Å². The molecule has 1 aromatic heterocycles. The second-order valence-corrected chi connectivity index (χ2v) is 3.67. The van der Waals surface area contributed by atoms with E-state index in [2.05, 4.69) is 21.0 Å². The molecular formula is C7H8BrN3O2. The SMILES string of the molecule is O=C(On1cc(Br)cn1)N1CCC1. The first-order valence-electron chi connectivity index (χ1n) is 3.93. The standard InChI is InChI=1S/C7H8BrN3O2/c8-6-4-9-11(5-6)13-7(12)10-2-1-3-10/h4-5H,1-3H2. The number of likely N-dealkylation sites (tertiary alicyclic amines) is 1. The zero-order valence-electron chi connectivity index (χ0n) is 6.81. The molecule has 1 amide bonds. The molecule has 13 heavy (non-hydrogen) atoms. The van der Waals surface area contributed by atoms with Gasteiger partial charge >= 0.3 is 6.09 Å². The molecule has 70 valence electrons. The Bertz CT molecular complexity index is 321. The molecule has 0 saturated carbocycles. The van der Waals surface area contributed by atoms with Gasteiger partial charge in [0.25, 0.3) is 0 Å². The summed E-state index contributed by atoms with van der Waals surface area (Å²) < 4.78 is 0.781. The minimum absolute atomic E-state index is 0.346. The van der Waals surface area contributed by atoms with E-state index in [9.17, 15) is 4.79 Å². The Kier molecular flexibility index (Phi) is 2.22. The van der Waals surface area contributed by atoms with Crippen LogP contribution < -0.4 is 4.84 Å². The lowest BCUT2D eigenvalue weighted by Crippen LogP contribution is -2.45. The van der Waals surface area contributed by atoms with Crippen molar-refractivity contribution in [1.29, 1.82) is 0 Å². The third kappa shape index (κ3) is 1.82. The first-order valence-corrected chi connectivity index (χ1v) is 4.72. The highest BCUT2D eigenvalue weighted by atomic mass is 79.9. The molecule has 1 fully saturated rings. The third-order valence-corrected chi connectivity index (χ3v) is 2.22. The highest BCUT2D eigenvalue weighted by Crippen LogP contribution is 2.08. The van der Waals surface area contributed by atoms with Crippen molar-refractivity contribution in [3.63, 3.8) is 0 Å². The van der Waals surface area contributed by atoms with Gasteiger partial charge in [-0.05, 0) is 22.4 Å². The quantitative estimate of drug-likeness (QED) is 0.739. The lowest BCUT2D eigenvalue weighted by atomic mass is 10.2. The number of nitrogens with zero attached hydrogens (tertiary/aromatic N) is 3. The van der Waals surface area contributed by atoms with E-state index in [-0.39, 0.29) is 6.09 Å². The molecule has 0 bridgehead atoms. The van der Waals surface area contributed by atoms with Crippen LogP contribution in [-0.4, -0.2) is 34.0 Å². The van der Waals surface area contributed by atoms with E-state index < -0.39 is 0 Å². The fraction of sp³-hybridized carbons (Fsp3) is 0.429. The minimum Gasteiger partial charge on any atom is -0.306 e. The molecular weight excluding hydrogens is 238 g/mol. The van der Waals surface area contributed by atoms with Crippen LogP contribution in [0.1, 0.15) is 6.42 Å². The monoisotopic (exact) mass is 245 g/mol. The van der Waals surface area contributed by atoms with E-state index in [1.165, 1.54) is 0 Å². The first kappa shape index (κ1) is 8.55. The first-order chi connectivity index (χ1) is 6.25. The maximum Gasteiger partial charge on any atom is 0.435 e. The van der Waals surface area contributed by atoms with Crippen molar-refractivity contribution in [3.05, 3.63) is 16.9 Å². The fourth-order valence-corrected chi connectivity index (χ4v) is 1.24. The van der Waals surface area contributed by atoms with Gasteiger partial charge in [-0.3, -0.25) is 4.84 Å². The van der Waals surface area contributed by atoms with E-state index in [1.807, 2.05) is 0 Å². The lowest BCUT2D eigenvalue weighted by molar-refractivity contribution is 0.0609. The van der Waals surface area contributed by atoms with Gasteiger partial charge in [0, 0.05) is 13.1 Å². The second-order valence-electron chi connectivity index (χ2n) is 2.76. The largest absolute Gasteiger partial charge is 0.435 e. The van der Waals surface area contributed by atoms with Crippen LogP contribution in [0.15, 0.2) is 16.9 Å². The average Bonchev–Trinajstić information content (AvgIpc) is 2.31. The molecule has 1 aliphatic rings. The maximum absolute atomic E-state index is 11.2. The normalized spacial score (nSPS) is 15.3. The predicted octanol–water partition coefficient (Wildman–Crippen LogP) is 0.900. The number of amides is 1. The van der Waals surface area contributed by atoms with Gasteiger partial charge < -0.3 is 4.90 Å². The number of carbonyl (C=O) groups is 1. The van der Waals surface area contributed by atoms with Gasteiger partial charge in [-0.1, -0.05) is 4.85 Å². The maximum atomic E-state index is 11.2. The van der Waals surface area contributed by atoms with Gasteiger partial charge in [0.2, 0.25) is 0 Å². The van der Waals surface area contributed by atoms with Crippen LogP contribution in [0.4, 0.5) is 4.79 Å². The Labute approximate surface area is 83.3 Å². The fourth-order valence-electron chi connectivity index (χ4n) is 0.971. The predicted molar refractivity (Wildman–Crippen MR) is 48.1 cm³/mol. The molecule has 0 aliphatic carbocycles. The molecule has 0 spiro atoms. The third-order valence-electron chi connectivity index (χ3n) is 1.81. The van der Waals surface area contributed by atoms with Crippen LogP contribution in [0.5, 0.6) is 0 Å². The highest BCUT2D eigenvalue weighted by molar-refractivity contribution is 9.10. The van der Waals surface area contributed by atoms with Gasteiger partial charge in [-0.25, -0.2) is 4.79 Å². The van der Waals surface area contributed by atoms with Gasteiger partial charge in [-0.2, -0.15) is 0 Å². The number of carbonyl (C=O) groups excluding carboxylic acids is 1. The molecule has 0 unspecified atom stereocenters. The summed E-state index contributed by atoms with van der Waals surface area (Å²) in [5, 5.41) is 3.80. The topological polar surface area (TPSA) is 47.4 Å². The molecule has 1 aromatic rings. The Hall–Kier alpha value is -1.04. The van der Waals surface area contributed by atoms with E-state index in [1.54, 1.807) is 17.3 Å². The summed E-state index contributed by atoms with van der Waals surface area (Å²) in [6, 6.07) is 0. The van der Waals surface area contributed by atoms with Crippen LogP contribution in [0.3, 0.4) is 0 Å². The molecule has 0 N–H and O–H groups in total. The summed E-state index contributed by atoms with van der Waals surface area (Å²) in [5.74, 6) is 0. The number of hydrogen-bond donors (Lipinski definition) is 0. The Balaban J connectivity index is 1.93. The number of aromatic nitrogens is 2. The van der Waals surface area contributed by atoms with Gasteiger partial charge in [0.05, 0.1) is 16.9 Å². The molecule has 2 heterocycles. The molecule has 0 aromatic carbocycles. The van der Waals surface area contributed by atoms with E-state index >= 15 is 0 Å². The second kappa shape index (κ2) is 3.37. The molecule has 0 atom stereocenters. The highest BCUT2D eigenvalue weighted by Gasteiger charge is 2.22. The minimum atomic E-state index is -0.346. The van der Waals surface area contributed by atoms with Crippen LogP contribution in [0.25, 0.3) is 0 Å². The summed E-state index contributed by atoms with van der Waals surface area (Å²) >= 11 is 3.20. The van der Waals surface area contributed by atoms with Crippen molar-refractivity contribution in [2.45, 2.75) is 6.42 Å². The Morgan fingerprint density at radius 3 is 2.85 bits per heavy atom. The van der Waals surface area contributed by atoms with Gasteiger partial charge in [0.15, 0.2) is 0 Å². The van der Waals surface area contributed by atoms with Crippen molar-refractivity contribution >= 4 is 22.0 Å². The zero-order valence-corrected chi connectivity index (χ0v) is 8.40. The number of halogens is 1. The Morgan fingerprint density at radius 2 is 2.38 bits per heavy atom. The van der Waals surface area contributed by atoms with E-state index in [0.29, 0.717) is 0 Å². The molecule has 0 radical (unpaired) electrons. The van der Waals surface area contributed by atoms with Crippen molar-refractivity contribution in [3.8, 4) is 0 Å². The zero-order chi connectivity index (χ0) is 9.26. The van der Waals surface area contributed by atoms with Crippen molar-refractivity contribution in [1.82, 2.24) is 14.8 Å². The summed E-state index contributed by atoms with van der Waals surface area (Å²) in [7, 11) is 0. The molecule has 1 saturated heterocycles. The number of hydrogen-bond acceptors (Lipinski definition) is 3. The van der Waals surface area contributed by atoms with Crippen LogP contribution in [0, 0.1) is 0 Å². The smallest absolute Gasteiger partial charge is 0.306 e. The summed E-state index contributed by atoms with van der Waals surface area (Å²) in [6.45, 7) is 1.56. The van der Waals surface area contributed by atoms with Crippen molar-refractivity contribution < 1.29 is 9.63 Å². The van der Waals surface area contributed by atoms with Crippen molar-refractivity contribution in [2.75, 3.05) is 13.1 Å². The Morgan fingerprint density at radius 1 is 1.62 bits per heavy atom. The molecule has 5 nitrogen and oxygen atoms in total. The van der Waals surface area contributed by atoms with Crippen LogP contribution >= 0.6 is 15.9 Å². The van der Waals surface area contributed by atoms with Gasteiger partial charge in [0.1, 0.15) is 0 Å². The van der Waals surface area contributed by atoms with Crippen LogP contribution in [-0.2, 0) is 0 Å². The van der Waals surface area contributed by atoms with Crippen LogP contribution in [0.2, 0.25) is 0 Å². The van der Waals surface area contributed by atoms with E-state index in [4.69, 9.17) is 4.84 Å². The molecule has 6 heteroatoms. The average molecular weight is 246 g/mol. The van der Waals surface area contributed by atoms with Gasteiger partial charge in [-0.15, -0.1) is 5.10 Å². The summed E-state index contributed by atoms with van der Waals surface area (Å²) in [5.41, 5.74) is 0. The lowest BCUT2D eigenvalue weighted by Gasteiger charge is -2.28. The number of rotatable bonds is 1.